The Morgan fingerprint density at radius 3 is 2.73 bits per heavy atom. The molecule has 2 aromatic rings. The molecule has 0 bridgehead atoms. The second kappa shape index (κ2) is 8.32. The van der Waals surface area contributed by atoms with Gasteiger partial charge < -0.3 is 14.8 Å². The summed E-state index contributed by atoms with van der Waals surface area (Å²) in [5.41, 5.74) is 2.68. The Hall–Kier alpha value is -1.91. The van der Waals surface area contributed by atoms with E-state index in [2.05, 4.69) is 48.6 Å². The van der Waals surface area contributed by atoms with E-state index < -0.39 is 0 Å². The molecular formula is C26H34N2O2. The van der Waals surface area contributed by atoms with E-state index in [1.165, 1.54) is 36.9 Å². The molecule has 5 rings (SSSR count). The van der Waals surface area contributed by atoms with Crippen molar-refractivity contribution in [1.29, 1.82) is 0 Å². The van der Waals surface area contributed by atoms with Crippen molar-refractivity contribution in [2.75, 3.05) is 19.8 Å². The molecular weight excluding hydrogens is 372 g/mol. The minimum Gasteiger partial charge on any atom is -0.493 e. The number of aromatic nitrogens is 1. The predicted molar refractivity (Wildman–Crippen MR) is 119 cm³/mol. The van der Waals surface area contributed by atoms with Crippen LogP contribution in [0.1, 0.15) is 69.2 Å². The first kappa shape index (κ1) is 20.0. The van der Waals surface area contributed by atoms with Crippen LogP contribution in [0.25, 0.3) is 0 Å². The van der Waals surface area contributed by atoms with Gasteiger partial charge in [0.1, 0.15) is 5.75 Å². The van der Waals surface area contributed by atoms with Crippen molar-refractivity contribution in [2.24, 2.45) is 5.92 Å². The number of pyridine rings is 1. The van der Waals surface area contributed by atoms with Crippen molar-refractivity contribution in [2.45, 2.75) is 68.9 Å². The van der Waals surface area contributed by atoms with E-state index >= 15 is 0 Å². The Morgan fingerprint density at radius 1 is 1.07 bits per heavy atom. The van der Waals surface area contributed by atoms with Gasteiger partial charge in [-0.1, -0.05) is 44.0 Å². The Bertz CT molecular complexity index is 849. The van der Waals surface area contributed by atoms with Crippen molar-refractivity contribution in [3.63, 3.8) is 0 Å². The van der Waals surface area contributed by atoms with Crippen LogP contribution in [0.4, 0.5) is 0 Å². The fourth-order valence-electron chi connectivity index (χ4n) is 6.12. The Labute approximate surface area is 180 Å². The number of para-hydroxylation sites is 1. The van der Waals surface area contributed by atoms with Crippen LogP contribution in [0, 0.1) is 5.92 Å². The van der Waals surface area contributed by atoms with E-state index in [1.807, 2.05) is 12.3 Å². The summed E-state index contributed by atoms with van der Waals surface area (Å²) in [6.45, 7) is 5.03. The average Bonchev–Trinajstić information content (AvgIpc) is 3.25. The van der Waals surface area contributed by atoms with Crippen LogP contribution in [-0.4, -0.2) is 30.3 Å². The van der Waals surface area contributed by atoms with Crippen LogP contribution >= 0.6 is 0 Å². The molecule has 2 aliphatic heterocycles. The zero-order valence-electron chi connectivity index (χ0n) is 18.1. The number of hydrogen-bond acceptors (Lipinski definition) is 4. The number of hydrogen-bond donors (Lipinski definition) is 1. The molecule has 3 heterocycles. The number of benzene rings is 1. The Balaban J connectivity index is 1.38. The highest BCUT2D eigenvalue weighted by atomic mass is 16.5. The molecule has 0 radical (unpaired) electrons. The summed E-state index contributed by atoms with van der Waals surface area (Å²) in [5.74, 6) is 1.51. The lowest BCUT2D eigenvalue weighted by molar-refractivity contribution is -0.113. The van der Waals surface area contributed by atoms with Gasteiger partial charge in [0.05, 0.1) is 12.2 Å². The lowest BCUT2D eigenvalue weighted by Gasteiger charge is -2.49. The SMILES string of the molecule is CC(CNC1CCOc2ccccc21)[C@@]1(c2ccccn2)CCOC2(CCCC2)C1. The number of nitrogens with one attached hydrogen (secondary N) is 1. The van der Waals surface area contributed by atoms with Gasteiger partial charge in [0.2, 0.25) is 0 Å². The molecule has 4 heteroatoms. The van der Waals surface area contributed by atoms with E-state index in [1.54, 1.807) is 0 Å². The van der Waals surface area contributed by atoms with E-state index in [4.69, 9.17) is 14.5 Å². The molecule has 3 aliphatic rings. The van der Waals surface area contributed by atoms with Gasteiger partial charge in [-0.3, -0.25) is 4.98 Å². The van der Waals surface area contributed by atoms with E-state index in [-0.39, 0.29) is 11.0 Å². The Morgan fingerprint density at radius 2 is 1.90 bits per heavy atom. The molecule has 1 aromatic carbocycles. The summed E-state index contributed by atoms with van der Waals surface area (Å²) in [5, 5.41) is 3.90. The fourth-order valence-corrected chi connectivity index (χ4v) is 6.12. The monoisotopic (exact) mass is 406 g/mol. The third-order valence-corrected chi connectivity index (χ3v) is 7.86. The minimum atomic E-state index is 0.0648. The lowest BCUT2D eigenvalue weighted by Crippen LogP contribution is -2.51. The molecule has 3 atom stereocenters. The van der Waals surface area contributed by atoms with Crippen LogP contribution in [0.15, 0.2) is 48.7 Å². The van der Waals surface area contributed by atoms with Crippen LogP contribution in [0.2, 0.25) is 0 Å². The molecule has 2 fully saturated rings. The van der Waals surface area contributed by atoms with Crippen molar-refractivity contribution >= 4 is 0 Å². The summed E-state index contributed by atoms with van der Waals surface area (Å²) in [4.78, 5) is 4.88. The average molecular weight is 407 g/mol. The van der Waals surface area contributed by atoms with Crippen LogP contribution < -0.4 is 10.1 Å². The molecule has 1 saturated carbocycles. The van der Waals surface area contributed by atoms with Crippen molar-refractivity contribution in [1.82, 2.24) is 10.3 Å². The van der Waals surface area contributed by atoms with Crippen LogP contribution in [-0.2, 0) is 10.2 Å². The van der Waals surface area contributed by atoms with E-state index in [0.29, 0.717) is 12.0 Å². The molecule has 2 unspecified atom stereocenters. The third kappa shape index (κ3) is 3.65. The van der Waals surface area contributed by atoms with E-state index in [9.17, 15) is 0 Å². The molecule has 30 heavy (non-hydrogen) atoms. The highest BCUT2D eigenvalue weighted by Gasteiger charge is 2.51. The first-order chi connectivity index (χ1) is 14.7. The van der Waals surface area contributed by atoms with Gasteiger partial charge in [-0.15, -0.1) is 0 Å². The van der Waals surface area contributed by atoms with Gasteiger partial charge in [-0.25, -0.2) is 0 Å². The minimum absolute atomic E-state index is 0.0648. The van der Waals surface area contributed by atoms with Crippen molar-refractivity contribution in [3.8, 4) is 5.75 Å². The summed E-state index contributed by atoms with van der Waals surface area (Å²) < 4.78 is 12.3. The quantitative estimate of drug-likeness (QED) is 0.742. The highest BCUT2D eigenvalue weighted by Crippen LogP contribution is 2.51. The van der Waals surface area contributed by atoms with Gasteiger partial charge in [0.25, 0.3) is 0 Å². The largest absolute Gasteiger partial charge is 0.493 e. The molecule has 4 nitrogen and oxygen atoms in total. The van der Waals surface area contributed by atoms with Crippen molar-refractivity contribution < 1.29 is 9.47 Å². The van der Waals surface area contributed by atoms with Gasteiger partial charge in [-0.05, 0) is 56.3 Å². The molecule has 0 amide bonds. The molecule has 1 aliphatic carbocycles. The molecule has 160 valence electrons. The Kier molecular flexibility index (Phi) is 5.55. The number of rotatable bonds is 5. The third-order valence-electron chi connectivity index (χ3n) is 7.86. The number of fused-ring (bicyclic) bond motifs is 1. The zero-order valence-corrected chi connectivity index (χ0v) is 18.1. The van der Waals surface area contributed by atoms with Gasteiger partial charge in [-0.2, -0.15) is 0 Å². The lowest BCUT2D eigenvalue weighted by atomic mass is 9.63. The maximum absolute atomic E-state index is 6.43. The first-order valence-corrected chi connectivity index (χ1v) is 11.7. The summed E-state index contributed by atoms with van der Waals surface area (Å²) in [7, 11) is 0. The number of nitrogens with zero attached hydrogens (tertiary/aromatic N) is 1. The fraction of sp³-hybridized carbons (Fsp3) is 0.577. The van der Waals surface area contributed by atoms with Crippen molar-refractivity contribution in [3.05, 3.63) is 59.9 Å². The summed E-state index contributed by atoms with van der Waals surface area (Å²) in [6.07, 6.45) is 10.1. The van der Waals surface area contributed by atoms with Crippen LogP contribution in [0.3, 0.4) is 0 Å². The maximum Gasteiger partial charge on any atom is 0.124 e. The van der Waals surface area contributed by atoms with Crippen LogP contribution in [0.5, 0.6) is 5.75 Å². The highest BCUT2D eigenvalue weighted by molar-refractivity contribution is 5.37. The molecule has 1 aromatic heterocycles. The normalized spacial score (nSPS) is 28.6. The van der Waals surface area contributed by atoms with Gasteiger partial charge >= 0.3 is 0 Å². The molecule has 1 spiro atoms. The topological polar surface area (TPSA) is 43.4 Å². The molecule has 1 N–H and O–H groups in total. The first-order valence-electron chi connectivity index (χ1n) is 11.7. The number of ether oxygens (including phenoxy) is 2. The van der Waals surface area contributed by atoms with Gasteiger partial charge in [0, 0.05) is 41.9 Å². The van der Waals surface area contributed by atoms with E-state index in [0.717, 1.165) is 44.8 Å². The second-order valence-electron chi connectivity index (χ2n) is 9.57. The molecule has 1 saturated heterocycles. The predicted octanol–water partition coefficient (Wildman–Crippen LogP) is 5.19. The summed E-state index contributed by atoms with van der Waals surface area (Å²) >= 11 is 0. The van der Waals surface area contributed by atoms with Gasteiger partial charge in [0.15, 0.2) is 0 Å². The zero-order chi connectivity index (χ0) is 20.4. The summed E-state index contributed by atoms with van der Waals surface area (Å²) in [6, 6.07) is 15.2. The maximum atomic E-state index is 6.43. The standard InChI is InChI=1S/C26H34N2O2/c1-20(18-28-22-11-16-29-23-9-3-2-8-21(22)23)26(24-10-4-7-15-27-24)14-17-30-25(19-26)12-5-6-13-25/h2-4,7-10,15,20,22,28H,5-6,11-14,16-19H2,1H3/t20?,22?,26-/m1/s1. The smallest absolute Gasteiger partial charge is 0.124 e. The second-order valence-corrected chi connectivity index (χ2v) is 9.57.